The molecule has 1 N–H and O–H groups in total. The van der Waals surface area contributed by atoms with E-state index < -0.39 is 29.4 Å². The molecular weight excluding hydrogens is 422 g/mol. The number of aromatic hydroxyl groups is 1. The van der Waals surface area contributed by atoms with Crippen LogP contribution in [-0.4, -0.2) is 38.7 Å². The van der Waals surface area contributed by atoms with E-state index in [1.165, 1.54) is 19.1 Å². The van der Waals surface area contributed by atoms with Gasteiger partial charge < -0.3 is 10.3 Å². The largest absolute Gasteiger partial charge is 0.711 e. The minimum Gasteiger partial charge on any atom is -0.711 e. The van der Waals surface area contributed by atoms with E-state index in [1.807, 2.05) is 41.8 Å². The van der Waals surface area contributed by atoms with E-state index in [9.17, 15) is 24.7 Å². The van der Waals surface area contributed by atoms with Crippen LogP contribution in [0.3, 0.4) is 0 Å². The van der Waals surface area contributed by atoms with Gasteiger partial charge in [0.25, 0.3) is 5.82 Å². The van der Waals surface area contributed by atoms with E-state index >= 15 is 0 Å². The molecule has 0 unspecified atom stereocenters. The molecule has 0 saturated carbocycles. The van der Waals surface area contributed by atoms with Crippen molar-refractivity contribution in [2.75, 3.05) is 6.54 Å². The summed E-state index contributed by atoms with van der Waals surface area (Å²) in [5.41, 5.74) is 2.66. The second-order valence-corrected chi connectivity index (χ2v) is 8.35. The van der Waals surface area contributed by atoms with Crippen molar-refractivity contribution < 1.29 is 24.2 Å². The van der Waals surface area contributed by atoms with Gasteiger partial charge in [0, 0.05) is 20.8 Å². The summed E-state index contributed by atoms with van der Waals surface area (Å²) in [5.74, 6) is -3.43. The molecule has 8 heteroatoms. The number of imide groups is 1. The lowest BCUT2D eigenvalue weighted by Gasteiger charge is -2.22. The second kappa shape index (κ2) is 8.54. The number of likely N-dealkylation sites (tertiary alicyclic amines) is 1. The van der Waals surface area contributed by atoms with Crippen LogP contribution in [-0.2, 0) is 20.9 Å². The maximum absolute atomic E-state index is 13.4. The van der Waals surface area contributed by atoms with Crippen LogP contribution in [0.25, 0.3) is 0 Å². The van der Waals surface area contributed by atoms with Crippen LogP contribution >= 0.6 is 0 Å². The second-order valence-electron chi connectivity index (χ2n) is 8.35. The van der Waals surface area contributed by atoms with Crippen LogP contribution in [0.2, 0.25) is 0 Å². The molecule has 3 aromatic rings. The number of benzene rings is 2. The molecule has 2 atom stereocenters. The van der Waals surface area contributed by atoms with Crippen molar-refractivity contribution >= 4 is 17.6 Å². The molecule has 1 aliphatic rings. The summed E-state index contributed by atoms with van der Waals surface area (Å²) >= 11 is 0. The number of nitrogens with zero attached hydrogens (tertiary/aromatic N) is 3. The van der Waals surface area contributed by atoms with Gasteiger partial charge in [-0.05, 0) is 23.3 Å². The molecule has 2 amide bonds. The van der Waals surface area contributed by atoms with E-state index in [2.05, 4.69) is 0 Å². The lowest BCUT2D eigenvalue weighted by molar-refractivity contribution is -0.621. The summed E-state index contributed by atoms with van der Waals surface area (Å²) in [5, 5.41) is 23.2. The molecule has 4 rings (SSSR count). The Hall–Kier alpha value is -3.94. The molecule has 0 aliphatic carbocycles. The van der Waals surface area contributed by atoms with Gasteiger partial charge in [0.1, 0.15) is 35.5 Å². The zero-order valence-electron chi connectivity index (χ0n) is 18.7. The van der Waals surface area contributed by atoms with Gasteiger partial charge in [-0.3, -0.25) is 19.3 Å². The SMILES string of the molecule is CC(=O)N1CC(=O)[C@@H]([C@H](c2ccc(O)cc2)c2n(Cc3ccccc3)c(C)c(C)[n+]2[O-])C1=O. The van der Waals surface area contributed by atoms with E-state index in [0.29, 0.717) is 23.5 Å². The first-order valence-corrected chi connectivity index (χ1v) is 10.7. The standard InChI is InChI=1S/C25H25N3O5/c1-15-16(2)28(33)24(26(15)13-18-7-5-4-6-8-18)22(19-9-11-20(30)12-10-19)23-21(31)14-27(17(3)29)25(23)32/h4-12,22-23,30H,13-14H2,1-3H3/t22-,23-/m0/s1. The van der Waals surface area contributed by atoms with Crippen molar-refractivity contribution in [3.05, 3.63) is 88.1 Å². The van der Waals surface area contributed by atoms with Crippen LogP contribution in [0.5, 0.6) is 5.75 Å². The maximum Gasteiger partial charge on any atom is 0.269 e. The van der Waals surface area contributed by atoms with Gasteiger partial charge >= 0.3 is 0 Å². The van der Waals surface area contributed by atoms with Crippen LogP contribution in [0.4, 0.5) is 0 Å². The zero-order chi connectivity index (χ0) is 23.9. The highest BCUT2D eigenvalue weighted by Crippen LogP contribution is 2.37. The lowest BCUT2D eigenvalue weighted by Crippen LogP contribution is -2.41. The van der Waals surface area contributed by atoms with Gasteiger partial charge in [0.15, 0.2) is 5.78 Å². The van der Waals surface area contributed by atoms with Gasteiger partial charge in [0.2, 0.25) is 11.8 Å². The first-order valence-electron chi connectivity index (χ1n) is 10.7. The number of carbonyl (C=O) groups excluding carboxylic acids is 3. The minimum atomic E-state index is -1.22. The molecule has 170 valence electrons. The fourth-order valence-electron chi connectivity index (χ4n) is 4.46. The van der Waals surface area contributed by atoms with Crippen molar-refractivity contribution in [2.45, 2.75) is 33.2 Å². The number of Topliss-reactive ketones (excluding diaryl/α,β-unsaturated/α-hetero) is 1. The summed E-state index contributed by atoms with van der Waals surface area (Å²) in [7, 11) is 0. The number of rotatable bonds is 5. The Morgan fingerprint density at radius 3 is 2.33 bits per heavy atom. The summed E-state index contributed by atoms with van der Waals surface area (Å²) < 4.78 is 2.60. The number of hydrogen-bond acceptors (Lipinski definition) is 5. The summed E-state index contributed by atoms with van der Waals surface area (Å²) in [6, 6.07) is 15.7. The Labute approximate surface area is 191 Å². The number of hydrogen-bond donors (Lipinski definition) is 1. The minimum absolute atomic E-state index is 0.0222. The third kappa shape index (κ3) is 3.88. The van der Waals surface area contributed by atoms with Gasteiger partial charge in [-0.1, -0.05) is 42.5 Å². The van der Waals surface area contributed by atoms with E-state index in [1.54, 1.807) is 19.1 Å². The average molecular weight is 447 g/mol. The first-order chi connectivity index (χ1) is 15.7. The van der Waals surface area contributed by atoms with Gasteiger partial charge in [-0.2, -0.15) is 0 Å². The highest BCUT2D eigenvalue weighted by atomic mass is 16.5. The smallest absolute Gasteiger partial charge is 0.269 e. The number of imidazole rings is 1. The van der Waals surface area contributed by atoms with E-state index in [0.717, 1.165) is 15.2 Å². The number of amides is 2. The highest BCUT2D eigenvalue weighted by Gasteiger charge is 2.50. The van der Waals surface area contributed by atoms with Crippen molar-refractivity contribution in [1.82, 2.24) is 9.47 Å². The number of ketones is 1. The Morgan fingerprint density at radius 1 is 1.12 bits per heavy atom. The van der Waals surface area contributed by atoms with Crippen LogP contribution in [0.15, 0.2) is 54.6 Å². The Kier molecular flexibility index (Phi) is 5.76. The molecule has 8 nitrogen and oxygen atoms in total. The Morgan fingerprint density at radius 2 is 1.76 bits per heavy atom. The molecule has 0 spiro atoms. The monoisotopic (exact) mass is 447 g/mol. The van der Waals surface area contributed by atoms with Crippen LogP contribution < -0.4 is 4.73 Å². The van der Waals surface area contributed by atoms with Crippen molar-refractivity contribution in [3.8, 4) is 5.75 Å². The fraction of sp³-hybridized carbons (Fsp3) is 0.280. The normalized spacial score (nSPS) is 16.9. The maximum atomic E-state index is 13.4. The molecule has 1 fully saturated rings. The van der Waals surface area contributed by atoms with Gasteiger partial charge in [-0.25, -0.2) is 9.30 Å². The van der Waals surface area contributed by atoms with E-state index in [-0.39, 0.29) is 18.1 Å². The molecule has 2 aromatic carbocycles. The molecule has 0 radical (unpaired) electrons. The molecule has 1 saturated heterocycles. The predicted octanol–water partition coefficient (Wildman–Crippen LogP) is 2.20. The molecular formula is C25H25N3O5. The van der Waals surface area contributed by atoms with Gasteiger partial charge in [0.05, 0.1) is 6.54 Å². The topological polar surface area (TPSA) is 107 Å². The van der Waals surface area contributed by atoms with Crippen molar-refractivity contribution in [3.63, 3.8) is 0 Å². The molecule has 1 aromatic heterocycles. The number of aromatic nitrogens is 2. The fourth-order valence-corrected chi connectivity index (χ4v) is 4.46. The zero-order valence-corrected chi connectivity index (χ0v) is 18.7. The van der Waals surface area contributed by atoms with Crippen molar-refractivity contribution in [2.24, 2.45) is 5.92 Å². The lowest BCUT2D eigenvalue weighted by atomic mass is 9.83. The van der Waals surface area contributed by atoms with Crippen LogP contribution in [0, 0.1) is 25.0 Å². The summed E-state index contributed by atoms with van der Waals surface area (Å²) in [6.07, 6.45) is 0. The van der Waals surface area contributed by atoms with Crippen LogP contribution in [0.1, 0.15) is 41.2 Å². The van der Waals surface area contributed by atoms with Gasteiger partial charge in [-0.15, -0.1) is 0 Å². The number of phenolic OH excluding ortho intramolecular Hbond substituents is 1. The molecule has 1 aliphatic heterocycles. The Balaban J connectivity index is 1.93. The molecule has 2 heterocycles. The molecule has 33 heavy (non-hydrogen) atoms. The molecule has 0 bridgehead atoms. The average Bonchev–Trinajstić information content (AvgIpc) is 3.20. The third-order valence-electron chi connectivity index (χ3n) is 6.34. The van der Waals surface area contributed by atoms with Crippen molar-refractivity contribution in [1.29, 1.82) is 0 Å². The summed E-state index contributed by atoms with van der Waals surface area (Å²) in [6.45, 7) is 4.82. The Bertz CT molecular complexity index is 1230. The predicted molar refractivity (Wildman–Crippen MR) is 119 cm³/mol. The quantitative estimate of drug-likeness (QED) is 0.367. The summed E-state index contributed by atoms with van der Waals surface area (Å²) in [4.78, 5) is 39.1. The highest BCUT2D eigenvalue weighted by molar-refractivity contribution is 6.15. The number of carbonyl (C=O) groups is 3. The third-order valence-corrected chi connectivity index (χ3v) is 6.34. The van der Waals surface area contributed by atoms with E-state index in [4.69, 9.17) is 0 Å². The first kappa shape index (κ1) is 22.3. The number of phenols is 1.